The van der Waals surface area contributed by atoms with Crippen molar-refractivity contribution in [3.63, 3.8) is 0 Å². The van der Waals surface area contributed by atoms with E-state index in [4.69, 9.17) is 9.47 Å². The lowest BCUT2D eigenvalue weighted by Crippen LogP contribution is -2.00. The molecule has 4 rings (SSSR count). The predicted molar refractivity (Wildman–Crippen MR) is 130 cm³/mol. The lowest BCUT2D eigenvalue weighted by atomic mass is 10.0. The van der Waals surface area contributed by atoms with Gasteiger partial charge in [-0.2, -0.15) is 0 Å². The Morgan fingerprint density at radius 1 is 0.719 bits per heavy atom. The van der Waals surface area contributed by atoms with E-state index in [9.17, 15) is 0 Å². The third-order valence-corrected chi connectivity index (χ3v) is 5.90. The zero-order valence-electron chi connectivity index (χ0n) is 17.9. The quantitative estimate of drug-likeness (QED) is 0.249. The summed E-state index contributed by atoms with van der Waals surface area (Å²) >= 11 is 3.61. The molecule has 4 aromatic rings. The van der Waals surface area contributed by atoms with Crippen LogP contribution in [0.25, 0.3) is 11.1 Å². The number of rotatable bonds is 8. The molecular weight excluding hydrogens is 467 g/mol. The molecule has 0 aliphatic heterocycles. The van der Waals surface area contributed by atoms with Crippen LogP contribution < -0.4 is 9.47 Å². The summed E-state index contributed by atoms with van der Waals surface area (Å²) in [6.07, 6.45) is 0.782. The molecule has 0 N–H and O–H groups in total. The van der Waals surface area contributed by atoms with Gasteiger partial charge in [0.05, 0.1) is 0 Å². The Bertz CT molecular complexity index is 1180. The molecular formula is C28H24BrFO2. The largest absolute Gasteiger partial charge is 0.489 e. The zero-order chi connectivity index (χ0) is 22.3. The molecule has 0 bridgehead atoms. The number of halogens is 2. The van der Waals surface area contributed by atoms with Crippen LogP contribution in [0.2, 0.25) is 0 Å². The summed E-state index contributed by atoms with van der Waals surface area (Å²) in [5, 5.41) is 0. The van der Waals surface area contributed by atoms with E-state index in [1.54, 1.807) is 12.1 Å². The van der Waals surface area contributed by atoms with Gasteiger partial charge in [0, 0.05) is 16.1 Å². The molecule has 0 saturated carbocycles. The molecule has 0 radical (unpaired) electrons. The minimum atomic E-state index is -0.323. The number of hydrogen-bond acceptors (Lipinski definition) is 2. The van der Waals surface area contributed by atoms with E-state index in [-0.39, 0.29) is 5.82 Å². The Balaban J connectivity index is 1.53. The monoisotopic (exact) mass is 490 g/mol. The van der Waals surface area contributed by atoms with Gasteiger partial charge in [0.25, 0.3) is 0 Å². The second-order valence-electron chi connectivity index (χ2n) is 7.48. The average molecular weight is 491 g/mol. The fourth-order valence-electron chi connectivity index (χ4n) is 3.50. The highest BCUT2D eigenvalue weighted by atomic mass is 79.9. The lowest BCUT2D eigenvalue weighted by molar-refractivity contribution is 0.303. The SMILES string of the molecule is CCc1cc(-c2ccc(OCc3ccccc3)cc2F)c(Br)cc1OCc1ccccc1. The summed E-state index contributed by atoms with van der Waals surface area (Å²) in [6.45, 7) is 2.96. The smallest absolute Gasteiger partial charge is 0.134 e. The van der Waals surface area contributed by atoms with Gasteiger partial charge >= 0.3 is 0 Å². The van der Waals surface area contributed by atoms with Crippen LogP contribution in [0.3, 0.4) is 0 Å². The van der Waals surface area contributed by atoms with Crippen molar-refractivity contribution in [2.24, 2.45) is 0 Å². The fraction of sp³-hybridized carbons (Fsp3) is 0.143. The van der Waals surface area contributed by atoms with Crippen molar-refractivity contribution in [2.45, 2.75) is 26.6 Å². The highest BCUT2D eigenvalue weighted by Gasteiger charge is 2.14. The molecule has 162 valence electrons. The Hall–Kier alpha value is -3.11. The number of hydrogen-bond donors (Lipinski definition) is 0. The summed E-state index contributed by atoms with van der Waals surface area (Å²) in [5.74, 6) is 0.983. The van der Waals surface area contributed by atoms with Gasteiger partial charge in [-0.15, -0.1) is 0 Å². The minimum absolute atomic E-state index is 0.323. The van der Waals surface area contributed by atoms with E-state index < -0.39 is 0 Å². The Labute approximate surface area is 196 Å². The first-order valence-corrected chi connectivity index (χ1v) is 11.4. The van der Waals surface area contributed by atoms with E-state index in [0.717, 1.165) is 38.9 Å². The maximum Gasteiger partial charge on any atom is 0.134 e. The summed E-state index contributed by atoms with van der Waals surface area (Å²) < 4.78 is 27.6. The summed E-state index contributed by atoms with van der Waals surface area (Å²) in [6, 6.07) is 28.8. The molecule has 4 heteroatoms. The van der Waals surface area contributed by atoms with Crippen molar-refractivity contribution in [1.29, 1.82) is 0 Å². The van der Waals surface area contributed by atoms with E-state index in [1.807, 2.05) is 72.8 Å². The van der Waals surface area contributed by atoms with Crippen LogP contribution in [-0.2, 0) is 19.6 Å². The Morgan fingerprint density at radius 2 is 1.34 bits per heavy atom. The van der Waals surface area contributed by atoms with Crippen LogP contribution in [0.4, 0.5) is 4.39 Å². The molecule has 0 unspecified atom stereocenters. The van der Waals surface area contributed by atoms with Crippen LogP contribution in [0.15, 0.2) is 95.5 Å². The maximum absolute atomic E-state index is 15.0. The standard InChI is InChI=1S/C28H24BrFO2/c1-2-22-15-25(26(29)17-28(22)32-19-21-11-7-4-8-12-21)24-14-13-23(16-27(24)30)31-18-20-9-5-3-6-10-20/h3-17H,2,18-19H2,1H3. The Morgan fingerprint density at radius 3 is 1.94 bits per heavy atom. The van der Waals surface area contributed by atoms with Gasteiger partial charge in [-0.3, -0.25) is 0 Å². The summed E-state index contributed by atoms with van der Waals surface area (Å²) in [5.41, 5.74) is 4.49. The molecule has 0 atom stereocenters. The first-order chi connectivity index (χ1) is 15.6. The zero-order valence-corrected chi connectivity index (χ0v) is 19.4. The summed E-state index contributed by atoms with van der Waals surface area (Å²) in [7, 11) is 0. The van der Waals surface area contributed by atoms with Gasteiger partial charge in [0.1, 0.15) is 30.5 Å². The van der Waals surface area contributed by atoms with Crippen molar-refractivity contribution in [1.82, 2.24) is 0 Å². The topological polar surface area (TPSA) is 18.5 Å². The molecule has 0 fully saturated rings. The molecule has 0 amide bonds. The molecule has 0 aliphatic rings. The van der Waals surface area contributed by atoms with E-state index in [2.05, 4.69) is 22.9 Å². The van der Waals surface area contributed by atoms with Crippen LogP contribution in [-0.4, -0.2) is 0 Å². The predicted octanol–water partition coefficient (Wildman–Crippen LogP) is 7.98. The van der Waals surface area contributed by atoms with Gasteiger partial charge in [-0.05, 0) is 52.9 Å². The maximum atomic E-state index is 15.0. The minimum Gasteiger partial charge on any atom is -0.489 e. The molecule has 2 nitrogen and oxygen atoms in total. The number of aryl methyl sites for hydroxylation is 1. The van der Waals surface area contributed by atoms with Crippen molar-refractivity contribution >= 4 is 15.9 Å². The number of benzene rings is 4. The van der Waals surface area contributed by atoms with Gasteiger partial charge in [0.15, 0.2) is 0 Å². The Kier molecular flexibility index (Phi) is 7.23. The molecule has 0 saturated heterocycles. The van der Waals surface area contributed by atoms with Crippen LogP contribution >= 0.6 is 15.9 Å². The third kappa shape index (κ3) is 5.38. The fourth-order valence-corrected chi connectivity index (χ4v) is 4.03. The highest BCUT2D eigenvalue weighted by molar-refractivity contribution is 9.10. The normalized spacial score (nSPS) is 10.7. The molecule has 4 aromatic carbocycles. The molecule has 32 heavy (non-hydrogen) atoms. The van der Waals surface area contributed by atoms with Gasteiger partial charge in [-0.1, -0.05) is 83.5 Å². The van der Waals surface area contributed by atoms with E-state index in [0.29, 0.717) is 24.5 Å². The van der Waals surface area contributed by atoms with Crippen LogP contribution in [0.5, 0.6) is 11.5 Å². The van der Waals surface area contributed by atoms with Crippen molar-refractivity contribution in [3.05, 3.63) is 118 Å². The van der Waals surface area contributed by atoms with E-state index >= 15 is 4.39 Å². The molecule has 0 aromatic heterocycles. The van der Waals surface area contributed by atoms with E-state index in [1.165, 1.54) is 6.07 Å². The highest BCUT2D eigenvalue weighted by Crippen LogP contribution is 2.37. The summed E-state index contributed by atoms with van der Waals surface area (Å²) in [4.78, 5) is 0. The second kappa shape index (κ2) is 10.5. The van der Waals surface area contributed by atoms with Gasteiger partial charge in [0.2, 0.25) is 0 Å². The van der Waals surface area contributed by atoms with Crippen LogP contribution in [0, 0.1) is 5.82 Å². The first-order valence-electron chi connectivity index (χ1n) is 10.6. The lowest BCUT2D eigenvalue weighted by Gasteiger charge is -2.15. The third-order valence-electron chi connectivity index (χ3n) is 5.25. The van der Waals surface area contributed by atoms with Crippen molar-refractivity contribution in [3.8, 4) is 22.6 Å². The molecule has 0 aliphatic carbocycles. The molecule has 0 heterocycles. The molecule has 0 spiro atoms. The van der Waals surface area contributed by atoms with Crippen molar-refractivity contribution < 1.29 is 13.9 Å². The van der Waals surface area contributed by atoms with Crippen molar-refractivity contribution in [2.75, 3.05) is 0 Å². The average Bonchev–Trinajstić information content (AvgIpc) is 2.83. The second-order valence-corrected chi connectivity index (χ2v) is 8.34. The number of ether oxygens (including phenoxy) is 2. The van der Waals surface area contributed by atoms with Crippen LogP contribution in [0.1, 0.15) is 23.6 Å². The van der Waals surface area contributed by atoms with Gasteiger partial charge < -0.3 is 9.47 Å². The first kappa shape index (κ1) is 22.1. The van der Waals surface area contributed by atoms with Gasteiger partial charge in [-0.25, -0.2) is 4.39 Å².